The zero-order valence-electron chi connectivity index (χ0n) is 53.0. The first-order valence-electron chi connectivity index (χ1n) is 33.1. The molecule has 6 heteroatoms. The van der Waals surface area contributed by atoms with Gasteiger partial charge in [-0.2, -0.15) is 0 Å². The van der Waals surface area contributed by atoms with Crippen LogP contribution in [0.1, 0.15) is 0 Å². The Labute approximate surface area is 573 Å². The van der Waals surface area contributed by atoms with Crippen molar-refractivity contribution in [1.82, 2.24) is 0 Å². The van der Waals surface area contributed by atoms with E-state index in [1.165, 1.54) is 104 Å². The zero-order chi connectivity index (χ0) is 65.4. The molecular formula is C92H58BBrO4. The Morgan fingerprint density at radius 2 is 0.551 bits per heavy atom. The standard InChI is InChI=1S/C46H28O.C24H17BO2.C22H13BrO/c1-3-16-34-29(11-1)13-10-22-36(34)45-39-20-7-5-18-37(39)44(38-19-6-8-21-40(38)45)33-15-9-14-31(27-33)32-24-26-43-42(28-32)41-25-23-30-12-2-4-17-35(30)46(41)47-43;26-25(27)24-21-13-5-3-11-19(21)23(20-12-4-6-14-22(20)24)18-15-7-9-16-8-1-2-10-17(16)18;23-17-6-3-5-15(12-17)16-9-11-21-20(13-16)19-10-8-14-4-1-2-7-18(14)22(19)24-21/h1-28H;1-15,26-27H;1-13H. The van der Waals surface area contributed by atoms with E-state index >= 15 is 0 Å². The third kappa shape index (κ3) is 10.1. The molecule has 0 aliphatic heterocycles. The lowest BCUT2D eigenvalue weighted by atomic mass is 9.72. The van der Waals surface area contributed by atoms with Crippen molar-refractivity contribution < 1.29 is 18.9 Å². The number of halogens is 1. The molecule has 4 nitrogen and oxygen atoms in total. The highest BCUT2D eigenvalue weighted by Gasteiger charge is 2.24. The van der Waals surface area contributed by atoms with E-state index in [-0.39, 0.29) is 0 Å². The van der Waals surface area contributed by atoms with Crippen LogP contribution in [0.4, 0.5) is 0 Å². The fraction of sp³-hybridized carbons (Fsp3) is 0. The molecule has 2 N–H and O–H groups in total. The molecule has 0 unspecified atom stereocenters. The van der Waals surface area contributed by atoms with E-state index < -0.39 is 7.12 Å². The fourth-order valence-corrected chi connectivity index (χ4v) is 15.6. The molecule has 20 aromatic rings. The third-order valence-electron chi connectivity index (χ3n) is 19.6. The predicted octanol–water partition coefficient (Wildman–Crippen LogP) is 24.9. The van der Waals surface area contributed by atoms with Crippen LogP contribution in [0.25, 0.3) is 186 Å². The van der Waals surface area contributed by atoms with E-state index in [9.17, 15) is 10.0 Å². The first kappa shape index (κ1) is 58.7. The van der Waals surface area contributed by atoms with Crippen molar-refractivity contribution in [3.05, 3.63) is 344 Å². The Morgan fingerprint density at radius 3 is 0.990 bits per heavy atom. The van der Waals surface area contributed by atoms with Crippen LogP contribution in [0.2, 0.25) is 0 Å². The lowest BCUT2D eigenvalue weighted by molar-refractivity contribution is 0.426. The molecule has 0 saturated carbocycles. The van der Waals surface area contributed by atoms with Crippen LogP contribution in [-0.2, 0) is 0 Å². The first-order chi connectivity index (χ1) is 48.4. The number of rotatable bonds is 6. The number of hydrogen-bond donors (Lipinski definition) is 2. The average Bonchev–Trinajstić information content (AvgIpc) is 1.10. The topological polar surface area (TPSA) is 66.7 Å². The molecule has 0 aliphatic carbocycles. The van der Waals surface area contributed by atoms with Gasteiger partial charge in [-0.15, -0.1) is 0 Å². The van der Waals surface area contributed by atoms with Gasteiger partial charge in [-0.1, -0.05) is 301 Å². The Morgan fingerprint density at radius 1 is 0.224 bits per heavy atom. The summed E-state index contributed by atoms with van der Waals surface area (Å²) < 4.78 is 13.7. The van der Waals surface area contributed by atoms with Gasteiger partial charge in [0.05, 0.1) is 0 Å². The van der Waals surface area contributed by atoms with E-state index in [2.05, 4.69) is 307 Å². The summed E-state index contributed by atoms with van der Waals surface area (Å²) in [6.07, 6.45) is 0. The van der Waals surface area contributed by atoms with Crippen molar-refractivity contribution in [2.45, 2.75) is 0 Å². The molecule has 460 valence electrons. The fourth-order valence-electron chi connectivity index (χ4n) is 15.2. The molecule has 20 rings (SSSR count). The van der Waals surface area contributed by atoms with Gasteiger partial charge in [0.2, 0.25) is 0 Å². The summed E-state index contributed by atoms with van der Waals surface area (Å²) in [6, 6.07) is 120. The van der Waals surface area contributed by atoms with E-state index in [1.807, 2.05) is 48.5 Å². The zero-order valence-corrected chi connectivity index (χ0v) is 54.6. The number of benzene rings is 18. The van der Waals surface area contributed by atoms with Gasteiger partial charge in [-0.25, -0.2) is 0 Å². The molecule has 0 atom stereocenters. The second-order valence-corrected chi connectivity index (χ2v) is 26.1. The lowest BCUT2D eigenvalue weighted by Gasteiger charge is -2.19. The second kappa shape index (κ2) is 24.4. The molecule has 18 aromatic carbocycles. The summed E-state index contributed by atoms with van der Waals surface area (Å²) in [6.45, 7) is 0. The smallest absolute Gasteiger partial charge is 0.455 e. The summed E-state index contributed by atoms with van der Waals surface area (Å²) in [5.74, 6) is 0. The Kier molecular flexibility index (Phi) is 14.6. The summed E-state index contributed by atoms with van der Waals surface area (Å²) in [5, 5.41) is 43.3. The molecule has 98 heavy (non-hydrogen) atoms. The van der Waals surface area contributed by atoms with Crippen LogP contribution in [0.3, 0.4) is 0 Å². The van der Waals surface area contributed by atoms with Gasteiger partial charge in [-0.3, -0.25) is 0 Å². The van der Waals surface area contributed by atoms with Crippen LogP contribution in [0, 0.1) is 0 Å². The molecule has 2 heterocycles. The van der Waals surface area contributed by atoms with Crippen molar-refractivity contribution in [2.75, 3.05) is 0 Å². The van der Waals surface area contributed by atoms with Gasteiger partial charge >= 0.3 is 7.12 Å². The van der Waals surface area contributed by atoms with E-state index in [1.54, 1.807) is 0 Å². The number of furan rings is 2. The Bertz CT molecular complexity index is 6450. The summed E-state index contributed by atoms with van der Waals surface area (Å²) in [5.41, 5.74) is 16.4. The third-order valence-corrected chi connectivity index (χ3v) is 20.1. The van der Waals surface area contributed by atoms with Gasteiger partial charge in [0.25, 0.3) is 0 Å². The van der Waals surface area contributed by atoms with Crippen LogP contribution in [-0.4, -0.2) is 17.2 Å². The maximum Gasteiger partial charge on any atom is 0.489 e. The molecule has 0 saturated heterocycles. The van der Waals surface area contributed by atoms with Crippen molar-refractivity contribution >= 4 is 159 Å². The van der Waals surface area contributed by atoms with Gasteiger partial charge in [0.15, 0.2) is 0 Å². The quantitative estimate of drug-likeness (QED) is 0.129. The lowest BCUT2D eigenvalue weighted by Crippen LogP contribution is -2.31. The van der Waals surface area contributed by atoms with Crippen molar-refractivity contribution in [2.24, 2.45) is 0 Å². The second-order valence-electron chi connectivity index (χ2n) is 25.2. The minimum atomic E-state index is -1.53. The molecular weight excluding hydrogens is 1260 g/mol. The largest absolute Gasteiger partial charge is 0.489 e. The van der Waals surface area contributed by atoms with E-state index in [4.69, 9.17) is 8.83 Å². The SMILES string of the molecule is Brc1cccc(-c2ccc3oc4c5ccccc5ccc4c3c2)c1.OB(O)c1c2ccccc2c(-c2cccc3ccccc23)c2ccccc12.c1cc(-c2ccc3oc4c5ccccc5ccc4c3c2)cc(-c2c3ccccc3c(-c3cccc4ccccc34)c3ccccc23)c1. The van der Waals surface area contributed by atoms with Crippen LogP contribution in [0.15, 0.2) is 353 Å². The maximum atomic E-state index is 10.1. The predicted molar refractivity (Wildman–Crippen MR) is 419 cm³/mol. The normalized spacial score (nSPS) is 11.6. The van der Waals surface area contributed by atoms with Crippen LogP contribution < -0.4 is 5.46 Å². The summed E-state index contributed by atoms with van der Waals surface area (Å²) >= 11 is 3.55. The Balaban J connectivity index is 0.000000116. The van der Waals surface area contributed by atoms with Crippen molar-refractivity contribution in [3.63, 3.8) is 0 Å². The van der Waals surface area contributed by atoms with Crippen molar-refractivity contribution in [1.29, 1.82) is 0 Å². The molecule has 0 aliphatic rings. The van der Waals surface area contributed by atoms with Gasteiger partial charge < -0.3 is 18.9 Å². The number of fused-ring (bicyclic) bond motifs is 16. The highest BCUT2D eigenvalue weighted by Crippen LogP contribution is 2.47. The molecule has 0 amide bonds. The van der Waals surface area contributed by atoms with Crippen LogP contribution in [0.5, 0.6) is 0 Å². The molecule has 0 spiro atoms. The molecule has 2 aromatic heterocycles. The highest BCUT2D eigenvalue weighted by molar-refractivity contribution is 9.10. The average molecular weight is 1320 g/mol. The summed E-state index contributed by atoms with van der Waals surface area (Å²) in [4.78, 5) is 0. The highest BCUT2D eigenvalue weighted by atomic mass is 79.9. The minimum absolute atomic E-state index is 0.560. The van der Waals surface area contributed by atoms with E-state index in [0.29, 0.717) is 5.46 Å². The monoisotopic (exact) mass is 1320 g/mol. The summed E-state index contributed by atoms with van der Waals surface area (Å²) in [7, 11) is -1.53. The minimum Gasteiger partial charge on any atom is -0.455 e. The maximum absolute atomic E-state index is 10.1. The number of hydrogen-bond acceptors (Lipinski definition) is 4. The van der Waals surface area contributed by atoms with Gasteiger partial charge in [-0.05, 0) is 191 Å². The van der Waals surface area contributed by atoms with Gasteiger partial charge in [0, 0.05) is 36.8 Å². The van der Waals surface area contributed by atoms with Gasteiger partial charge in [0.1, 0.15) is 22.3 Å². The molecule has 0 radical (unpaired) electrons. The van der Waals surface area contributed by atoms with Crippen molar-refractivity contribution in [3.8, 4) is 55.6 Å². The Hall–Kier alpha value is -11.9. The first-order valence-corrected chi connectivity index (χ1v) is 33.9. The van der Waals surface area contributed by atoms with E-state index in [0.717, 1.165) is 86.4 Å². The van der Waals surface area contributed by atoms with Crippen LogP contribution >= 0.6 is 15.9 Å². The molecule has 0 bridgehead atoms. The molecule has 0 fully saturated rings.